The lowest BCUT2D eigenvalue weighted by atomic mass is 10.1. The third-order valence-corrected chi connectivity index (χ3v) is 2.22. The Balaban J connectivity index is 3.62. The van der Waals surface area contributed by atoms with Gasteiger partial charge in [-0.3, -0.25) is 0 Å². The molecule has 0 saturated heterocycles. The molecule has 0 aliphatic rings. The van der Waals surface area contributed by atoms with Gasteiger partial charge in [0.15, 0.2) is 0 Å². The van der Waals surface area contributed by atoms with E-state index < -0.39 is 0 Å². The fourth-order valence-corrected chi connectivity index (χ4v) is 0.991. The predicted molar refractivity (Wildman–Crippen MR) is 50.6 cm³/mol. The third-order valence-electron chi connectivity index (χ3n) is 2.22. The van der Waals surface area contributed by atoms with Gasteiger partial charge in [-0.25, -0.2) is 0 Å². The van der Waals surface area contributed by atoms with Gasteiger partial charge in [-0.05, 0) is 19.0 Å². The van der Waals surface area contributed by atoms with E-state index in [0.29, 0.717) is 12.0 Å². The molecule has 11 heavy (non-hydrogen) atoms. The maximum absolute atomic E-state index is 5.93. The molecule has 2 N–H and O–H groups in total. The number of rotatable bonds is 5. The van der Waals surface area contributed by atoms with E-state index in [1.807, 2.05) is 0 Å². The van der Waals surface area contributed by atoms with E-state index in [1.165, 1.54) is 0 Å². The van der Waals surface area contributed by atoms with Crippen LogP contribution < -0.4 is 5.73 Å². The number of nitrogens with two attached hydrogens (primary N) is 1. The minimum atomic E-state index is 0.329. The van der Waals surface area contributed by atoms with Gasteiger partial charge in [-0.2, -0.15) is 0 Å². The van der Waals surface area contributed by atoms with Crippen molar-refractivity contribution in [3.63, 3.8) is 0 Å². The number of nitrogens with zero attached hydrogens (tertiary/aromatic N) is 1. The zero-order valence-corrected chi connectivity index (χ0v) is 8.30. The minimum Gasteiger partial charge on any atom is -0.326 e. The second-order valence-corrected chi connectivity index (χ2v) is 3.39. The van der Waals surface area contributed by atoms with Gasteiger partial charge < -0.3 is 10.6 Å². The molecular weight excluding hydrogens is 136 g/mol. The fraction of sp³-hybridized carbons (Fsp3) is 1.00. The molecule has 0 bridgehead atoms. The molecule has 2 nitrogen and oxygen atoms in total. The van der Waals surface area contributed by atoms with Gasteiger partial charge >= 0.3 is 0 Å². The molecule has 0 aromatic heterocycles. The molecule has 0 aliphatic carbocycles. The first-order valence-corrected chi connectivity index (χ1v) is 4.59. The number of hydrogen-bond donors (Lipinski definition) is 1. The van der Waals surface area contributed by atoms with Crippen LogP contribution in [0.4, 0.5) is 0 Å². The average molecular weight is 158 g/mol. The maximum Gasteiger partial charge on any atom is 0.0191 e. The number of hydrogen-bond acceptors (Lipinski definition) is 2. The van der Waals surface area contributed by atoms with Crippen molar-refractivity contribution in [2.75, 3.05) is 19.6 Å². The van der Waals surface area contributed by atoms with Crippen LogP contribution >= 0.6 is 0 Å². The Morgan fingerprint density at radius 2 is 1.64 bits per heavy atom. The summed E-state index contributed by atoms with van der Waals surface area (Å²) in [5.74, 6) is 0.593. The van der Waals surface area contributed by atoms with Gasteiger partial charge in [-0.1, -0.05) is 27.7 Å². The monoisotopic (exact) mass is 158 g/mol. The molecular formula is C9H22N2. The van der Waals surface area contributed by atoms with Crippen LogP contribution in [-0.4, -0.2) is 30.6 Å². The van der Waals surface area contributed by atoms with Gasteiger partial charge in [0.1, 0.15) is 0 Å². The zero-order valence-electron chi connectivity index (χ0n) is 8.30. The van der Waals surface area contributed by atoms with E-state index in [1.54, 1.807) is 0 Å². The van der Waals surface area contributed by atoms with E-state index in [4.69, 9.17) is 5.73 Å². The summed E-state index contributed by atoms with van der Waals surface area (Å²) < 4.78 is 0. The summed E-state index contributed by atoms with van der Waals surface area (Å²) in [7, 11) is 0. The van der Waals surface area contributed by atoms with Gasteiger partial charge in [0, 0.05) is 12.6 Å². The molecule has 1 atom stereocenters. The Kier molecular flexibility index (Phi) is 5.51. The molecule has 2 heteroatoms. The van der Waals surface area contributed by atoms with Crippen LogP contribution in [0.25, 0.3) is 0 Å². The molecule has 0 rings (SSSR count). The summed E-state index contributed by atoms with van der Waals surface area (Å²) in [6.45, 7) is 12.0. The standard InChI is InChI=1S/C9H22N2/c1-5-11(6-2)7-9(10)8(3)4/h8-9H,5-7,10H2,1-4H3. The lowest BCUT2D eigenvalue weighted by Crippen LogP contribution is -2.40. The van der Waals surface area contributed by atoms with Crippen molar-refractivity contribution in [3.05, 3.63) is 0 Å². The van der Waals surface area contributed by atoms with Crippen LogP contribution in [0.1, 0.15) is 27.7 Å². The van der Waals surface area contributed by atoms with Crippen LogP contribution in [0.15, 0.2) is 0 Å². The van der Waals surface area contributed by atoms with Crippen molar-refractivity contribution in [3.8, 4) is 0 Å². The highest BCUT2D eigenvalue weighted by Gasteiger charge is 2.10. The van der Waals surface area contributed by atoms with E-state index >= 15 is 0 Å². The molecule has 0 aromatic rings. The Hall–Kier alpha value is -0.0800. The fourth-order valence-electron chi connectivity index (χ4n) is 0.991. The largest absolute Gasteiger partial charge is 0.326 e. The molecule has 0 heterocycles. The second kappa shape index (κ2) is 5.56. The van der Waals surface area contributed by atoms with Crippen molar-refractivity contribution in [1.82, 2.24) is 4.90 Å². The van der Waals surface area contributed by atoms with Gasteiger partial charge in [-0.15, -0.1) is 0 Å². The van der Waals surface area contributed by atoms with Crippen LogP contribution in [0.3, 0.4) is 0 Å². The minimum absolute atomic E-state index is 0.329. The first-order chi connectivity index (χ1) is 5.11. The van der Waals surface area contributed by atoms with Crippen molar-refractivity contribution < 1.29 is 0 Å². The van der Waals surface area contributed by atoms with Gasteiger partial charge in [0.05, 0.1) is 0 Å². The van der Waals surface area contributed by atoms with E-state index in [9.17, 15) is 0 Å². The summed E-state index contributed by atoms with van der Waals surface area (Å²) >= 11 is 0. The summed E-state index contributed by atoms with van der Waals surface area (Å²) in [6.07, 6.45) is 0. The van der Waals surface area contributed by atoms with E-state index in [0.717, 1.165) is 19.6 Å². The van der Waals surface area contributed by atoms with Crippen molar-refractivity contribution in [2.45, 2.75) is 33.7 Å². The molecule has 0 fully saturated rings. The summed E-state index contributed by atoms with van der Waals surface area (Å²) in [6, 6.07) is 0.329. The molecule has 0 aliphatic heterocycles. The highest BCUT2D eigenvalue weighted by atomic mass is 15.1. The Morgan fingerprint density at radius 3 is 1.91 bits per heavy atom. The Labute approximate surface area is 70.8 Å². The first kappa shape index (κ1) is 10.9. The van der Waals surface area contributed by atoms with Gasteiger partial charge in [0.25, 0.3) is 0 Å². The van der Waals surface area contributed by atoms with Crippen LogP contribution in [0.2, 0.25) is 0 Å². The van der Waals surface area contributed by atoms with Crippen molar-refractivity contribution in [2.24, 2.45) is 11.7 Å². The number of likely N-dealkylation sites (N-methyl/N-ethyl adjacent to an activating group) is 1. The second-order valence-electron chi connectivity index (χ2n) is 3.39. The van der Waals surface area contributed by atoms with Crippen LogP contribution in [-0.2, 0) is 0 Å². The van der Waals surface area contributed by atoms with Crippen molar-refractivity contribution in [1.29, 1.82) is 0 Å². The Morgan fingerprint density at radius 1 is 1.18 bits per heavy atom. The molecule has 68 valence electrons. The summed E-state index contributed by atoms with van der Waals surface area (Å²) in [5, 5.41) is 0. The van der Waals surface area contributed by atoms with E-state index in [-0.39, 0.29) is 0 Å². The van der Waals surface area contributed by atoms with Crippen molar-refractivity contribution >= 4 is 0 Å². The molecule has 0 amide bonds. The smallest absolute Gasteiger partial charge is 0.0191 e. The Bertz CT molecular complexity index is 87.6. The van der Waals surface area contributed by atoms with E-state index in [2.05, 4.69) is 32.6 Å². The normalized spacial score (nSPS) is 14.5. The quantitative estimate of drug-likeness (QED) is 0.653. The highest BCUT2D eigenvalue weighted by molar-refractivity contribution is 4.69. The van der Waals surface area contributed by atoms with Crippen LogP contribution in [0.5, 0.6) is 0 Å². The third kappa shape index (κ3) is 4.38. The maximum atomic E-state index is 5.93. The SMILES string of the molecule is CCN(CC)CC(N)C(C)C. The summed E-state index contributed by atoms with van der Waals surface area (Å²) in [4.78, 5) is 2.37. The topological polar surface area (TPSA) is 29.3 Å². The lowest BCUT2D eigenvalue weighted by Gasteiger charge is -2.24. The molecule has 0 saturated carbocycles. The zero-order chi connectivity index (χ0) is 8.85. The first-order valence-electron chi connectivity index (χ1n) is 4.59. The predicted octanol–water partition coefficient (Wildman–Crippen LogP) is 1.31. The lowest BCUT2D eigenvalue weighted by molar-refractivity contribution is 0.260. The average Bonchev–Trinajstić information content (AvgIpc) is 1.99. The molecule has 0 aromatic carbocycles. The van der Waals surface area contributed by atoms with Crippen LogP contribution in [0, 0.1) is 5.92 Å². The van der Waals surface area contributed by atoms with Gasteiger partial charge in [0.2, 0.25) is 0 Å². The molecule has 0 spiro atoms. The molecule has 0 radical (unpaired) electrons. The summed E-state index contributed by atoms with van der Waals surface area (Å²) in [5.41, 5.74) is 5.93. The molecule has 1 unspecified atom stereocenters. The highest BCUT2D eigenvalue weighted by Crippen LogP contribution is 2.00.